The highest BCUT2D eigenvalue weighted by Gasteiger charge is 2.11. The highest BCUT2D eigenvalue weighted by molar-refractivity contribution is 9.10. The molecule has 0 saturated carbocycles. The number of aryl methyl sites for hydroxylation is 1. The normalized spacial score (nSPS) is 10.1. The lowest BCUT2D eigenvalue weighted by Gasteiger charge is -2.04. The molecule has 0 aliphatic rings. The second-order valence-corrected chi connectivity index (χ2v) is 4.03. The van der Waals surface area contributed by atoms with Gasteiger partial charge in [-0.3, -0.25) is 10.1 Å². The minimum atomic E-state index is -0.393. The number of hydrogen-bond acceptors (Lipinski definition) is 2. The van der Waals surface area contributed by atoms with Crippen molar-refractivity contribution in [1.29, 1.82) is 0 Å². The van der Waals surface area contributed by atoms with Crippen LogP contribution in [0.3, 0.4) is 0 Å². The van der Waals surface area contributed by atoms with E-state index in [1.165, 1.54) is 6.07 Å². The van der Waals surface area contributed by atoms with Gasteiger partial charge in [0.1, 0.15) is 0 Å². The summed E-state index contributed by atoms with van der Waals surface area (Å²) in [7, 11) is 0. The summed E-state index contributed by atoms with van der Waals surface area (Å²) in [4.78, 5) is 10.1. The summed E-state index contributed by atoms with van der Waals surface area (Å²) in [5.74, 6) is 0. The second kappa shape index (κ2) is 4.19. The Labute approximate surface area is 92.5 Å². The molecule has 0 aliphatic heterocycles. The molecular weight excluding hydrogens is 302 g/mol. The molecule has 0 aromatic heterocycles. The summed E-state index contributed by atoms with van der Waals surface area (Å²) in [6.07, 6.45) is 0. The summed E-state index contributed by atoms with van der Waals surface area (Å²) in [5, 5.41) is 11.2. The number of nitro groups is 1. The second-order valence-electron chi connectivity index (χ2n) is 2.61. The Hall–Kier alpha value is -0.420. The zero-order valence-electron chi connectivity index (χ0n) is 6.88. The third-order valence-corrected chi connectivity index (χ3v) is 3.02. The van der Waals surface area contributed by atoms with Crippen molar-refractivity contribution in [2.24, 2.45) is 0 Å². The van der Waals surface area contributed by atoms with Gasteiger partial charge in [-0.15, -0.1) is 0 Å². The van der Waals surface area contributed by atoms with Crippen LogP contribution in [0.2, 0.25) is 0 Å². The monoisotopic (exact) mass is 307 g/mol. The number of rotatable bonds is 2. The van der Waals surface area contributed by atoms with Crippen LogP contribution in [0, 0.1) is 17.0 Å². The molecule has 0 bridgehead atoms. The first-order valence-electron chi connectivity index (χ1n) is 3.55. The Morgan fingerprint density at radius 1 is 1.54 bits per heavy atom. The lowest BCUT2D eigenvalue weighted by Crippen LogP contribution is -1.92. The molecule has 0 aliphatic carbocycles. The topological polar surface area (TPSA) is 43.1 Å². The molecule has 1 aromatic rings. The van der Waals surface area contributed by atoms with Crippen molar-refractivity contribution in [2.45, 2.75) is 12.3 Å². The highest BCUT2D eigenvalue weighted by atomic mass is 79.9. The Kier molecular flexibility index (Phi) is 3.44. The van der Waals surface area contributed by atoms with Gasteiger partial charge in [0.15, 0.2) is 0 Å². The van der Waals surface area contributed by atoms with Gasteiger partial charge in [-0.25, -0.2) is 0 Å². The van der Waals surface area contributed by atoms with Crippen LogP contribution >= 0.6 is 31.9 Å². The van der Waals surface area contributed by atoms with Crippen LogP contribution in [0.5, 0.6) is 0 Å². The average Bonchev–Trinajstić information content (AvgIpc) is 2.03. The van der Waals surface area contributed by atoms with E-state index in [-0.39, 0.29) is 5.69 Å². The van der Waals surface area contributed by atoms with Gasteiger partial charge >= 0.3 is 0 Å². The fourth-order valence-electron chi connectivity index (χ4n) is 1.03. The van der Waals surface area contributed by atoms with Crippen LogP contribution < -0.4 is 0 Å². The molecule has 1 aromatic carbocycles. The van der Waals surface area contributed by atoms with Gasteiger partial charge in [0.2, 0.25) is 0 Å². The first-order chi connectivity index (χ1) is 6.06. The third-order valence-electron chi connectivity index (χ3n) is 1.75. The molecule has 5 heteroatoms. The SMILES string of the molecule is Cc1cc([N+](=O)[O-])cc(Br)c1CBr. The van der Waals surface area contributed by atoms with Crippen LogP contribution in [0.4, 0.5) is 5.69 Å². The molecule has 0 fully saturated rings. The largest absolute Gasteiger partial charge is 0.270 e. The fraction of sp³-hybridized carbons (Fsp3) is 0.250. The highest BCUT2D eigenvalue weighted by Crippen LogP contribution is 2.28. The van der Waals surface area contributed by atoms with E-state index in [4.69, 9.17) is 0 Å². The zero-order valence-corrected chi connectivity index (χ0v) is 10.1. The van der Waals surface area contributed by atoms with Gasteiger partial charge in [-0.05, 0) is 18.1 Å². The summed E-state index contributed by atoms with van der Waals surface area (Å²) >= 11 is 6.61. The van der Waals surface area contributed by atoms with Crippen LogP contribution in [-0.2, 0) is 5.33 Å². The third kappa shape index (κ3) is 2.28. The zero-order chi connectivity index (χ0) is 10.0. The maximum atomic E-state index is 10.5. The number of nitrogens with zero attached hydrogens (tertiary/aromatic N) is 1. The summed E-state index contributed by atoms with van der Waals surface area (Å²) < 4.78 is 0.774. The summed E-state index contributed by atoms with van der Waals surface area (Å²) in [6.45, 7) is 1.86. The van der Waals surface area contributed by atoms with Crippen molar-refractivity contribution in [3.8, 4) is 0 Å². The minimum Gasteiger partial charge on any atom is -0.258 e. The lowest BCUT2D eigenvalue weighted by molar-refractivity contribution is -0.385. The average molecular weight is 309 g/mol. The standard InChI is InChI=1S/C8H7Br2NO2/c1-5-2-6(11(12)13)3-8(10)7(5)4-9/h2-3H,4H2,1H3. The smallest absolute Gasteiger partial charge is 0.258 e. The number of nitro benzene ring substituents is 1. The first kappa shape index (κ1) is 10.7. The number of hydrogen-bond donors (Lipinski definition) is 0. The van der Waals surface area contributed by atoms with Gasteiger partial charge < -0.3 is 0 Å². The predicted octanol–water partition coefficient (Wildman–Crippen LogP) is 3.56. The van der Waals surface area contributed by atoms with E-state index < -0.39 is 4.92 Å². The first-order valence-corrected chi connectivity index (χ1v) is 5.47. The molecule has 0 amide bonds. The number of halogens is 2. The summed E-state index contributed by atoms with van der Waals surface area (Å²) in [6, 6.07) is 3.09. The van der Waals surface area contributed by atoms with Crippen molar-refractivity contribution in [3.05, 3.63) is 37.8 Å². The van der Waals surface area contributed by atoms with E-state index in [0.717, 1.165) is 15.6 Å². The maximum Gasteiger partial charge on any atom is 0.270 e. The molecule has 70 valence electrons. The molecule has 0 unspecified atom stereocenters. The molecule has 0 spiro atoms. The quantitative estimate of drug-likeness (QED) is 0.476. The van der Waals surface area contributed by atoms with E-state index in [1.54, 1.807) is 6.07 Å². The van der Waals surface area contributed by atoms with Gasteiger partial charge in [-0.2, -0.15) is 0 Å². The minimum absolute atomic E-state index is 0.120. The van der Waals surface area contributed by atoms with Crippen molar-refractivity contribution in [3.63, 3.8) is 0 Å². The molecule has 13 heavy (non-hydrogen) atoms. The van der Waals surface area contributed by atoms with E-state index in [9.17, 15) is 10.1 Å². The Morgan fingerprint density at radius 2 is 2.15 bits per heavy atom. The van der Waals surface area contributed by atoms with Gasteiger partial charge in [-0.1, -0.05) is 31.9 Å². The molecule has 3 nitrogen and oxygen atoms in total. The molecule has 0 N–H and O–H groups in total. The van der Waals surface area contributed by atoms with Gasteiger partial charge in [0, 0.05) is 21.9 Å². The lowest BCUT2D eigenvalue weighted by atomic mass is 10.1. The van der Waals surface area contributed by atoms with E-state index in [0.29, 0.717) is 5.33 Å². The van der Waals surface area contributed by atoms with Crippen LogP contribution in [0.25, 0.3) is 0 Å². The van der Waals surface area contributed by atoms with Crippen molar-refractivity contribution >= 4 is 37.5 Å². The van der Waals surface area contributed by atoms with Crippen LogP contribution in [0.1, 0.15) is 11.1 Å². The fourth-order valence-corrected chi connectivity index (χ4v) is 2.84. The van der Waals surface area contributed by atoms with Crippen molar-refractivity contribution < 1.29 is 4.92 Å². The molecule has 0 radical (unpaired) electrons. The van der Waals surface area contributed by atoms with Crippen molar-refractivity contribution in [1.82, 2.24) is 0 Å². The molecular formula is C8H7Br2NO2. The molecule has 0 heterocycles. The number of non-ortho nitro benzene ring substituents is 1. The maximum absolute atomic E-state index is 10.5. The summed E-state index contributed by atoms with van der Waals surface area (Å²) in [5.41, 5.74) is 2.08. The van der Waals surface area contributed by atoms with Crippen LogP contribution in [-0.4, -0.2) is 4.92 Å². The Bertz CT molecular complexity index is 329. The molecule has 0 atom stereocenters. The van der Waals surface area contributed by atoms with E-state index in [2.05, 4.69) is 31.9 Å². The van der Waals surface area contributed by atoms with Crippen LogP contribution in [0.15, 0.2) is 16.6 Å². The van der Waals surface area contributed by atoms with Gasteiger partial charge in [0.05, 0.1) is 4.92 Å². The van der Waals surface area contributed by atoms with E-state index >= 15 is 0 Å². The van der Waals surface area contributed by atoms with Crippen molar-refractivity contribution in [2.75, 3.05) is 0 Å². The Balaban J connectivity index is 3.28. The predicted molar refractivity (Wildman–Crippen MR) is 58.2 cm³/mol. The molecule has 0 saturated heterocycles. The number of benzene rings is 1. The van der Waals surface area contributed by atoms with E-state index in [1.807, 2.05) is 6.92 Å². The Morgan fingerprint density at radius 3 is 2.54 bits per heavy atom. The molecule has 1 rings (SSSR count). The van der Waals surface area contributed by atoms with Gasteiger partial charge in [0.25, 0.3) is 5.69 Å². The number of alkyl halides is 1.